The Balaban J connectivity index is 3.68. The lowest BCUT2D eigenvalue weighted by Gasteiger charge is -2.02. The molecule has 1 rings (SSSR count). The second-order valence-electron chi connectivity index (χ2n) is 1.94. The molecule has 0 heterocycles. The summed E-state index contributed by atoms with van der Waals surface area (Å²) in [4.78, 5) is 0. The quantitative estimate of drug-likeness (QED) is 0.331. The number of rotatable bonds is 0. The van der Waals surface area contributed by atoms with Gasteiger partial charge in [0.1, 0.15) is 0 Å². The van der Waals surface area contributed by atoms with Gasteiger partial charge < -0.3 is 0 Å². The topological polar surface area (TPSA) is 0 Å². The SMILES string of the molecule is [2H]C([2H])([2H])c1c(F)c(F)c(F)c(F)c1F. The Labute approximate surface area is 68.8 Å². The Morgan fingerprint density at radius 2 is 1.08 bits per heavy atom. The van der Waals surface area contributed by atoms with E-state index in [0.29, 0.717) is 0 Å². The molecule has 0 saturated carbocycles. The molecule has 66 valence electrons. The molecule has 0 aliphatic heterocycles. The lowest BCUT2D eigenvalue weighted by molar-refractivity contribution is 0.373. The second-order valence-corrected chi connectivity index (χ2v) is 1.94. The zero-order valence-electron chi connectivity index (χ0n) is 8.39. The average Bonchev–Trinajstić information content (AvgIpc) is 2.09. The number of halogens is 5. The highest BCUT2D eigenvalue weighted by Gasteiger charge is 2.22. The minimum atomic E-state index is -3.40. The first-order valence-corrected chi connectivity index (χ1v) is 2.69. The van der Waals surface area contributed by atoms with Crippen LogP contribution in [0.1, 0.15) is 9.68 Å². The van der Waals surface area contributed by atoms with E-state index in [1.165, 1.54) is 0 Å². The molecule has 0 N–H and O–H groups in total. The van der Waals surface area contributed by atoms with Crippen molar-refractivity contribution in [3.63, 3.8) is 0 Å². The monoisotopic (exact) mass is 185 g/mol. The van der Waals surface area contributed by atoms with Gasteiger partial charge in [0, 0.05) is 9.68 Å². The maximum atomic E-state index is 12.8. The first kappa shape index (κ1) is 5.50. The van der Waals surface area contributed by atoms with Crippen LogP contribution in [0.2, 0.25) is 0 Å². The molecule has 5 heteroatoms. The smallest absolute Gasteiger partial charge is 0.200 e. The fraction of sp³-hybridized carbons (Fsp3) is 0.143. The minimum Gasteiger partial charge on any atom is -0.203 e. The molecule has 0 nitrogen and oxygen atoms in total. The van der Waals surface area contributed by atoms with Gasteiger partial charge in [-0.25, -0.2) is 22.0 Å². The number of hydrogen-bond donors (Lipinski definition) is 0. The Morgan fingerprint density at radius 3 is 1.42 bits per heavy atom. The fourth-order valence-corrected chi connectivity index (χ4v) is 0.605. The summed E-state index contributed by atoms with van der Waals surface area (Å²) in [5.74, 6) is -11.6. The summed E-state index contributed by atoms with van der Waals surface area (Å²) in [6.45, 7) is -3.40. The van der Waals surface area contributed by atoms with Crippen molar-refractivity contribution in [2.75, 3.05) is 0 Å². The van der Waals surface area contributed by atoms with E-state index in [4.69, 9.17) is 4.11 Å². The van der Waals surface area contributed by atoms with Crippen LogP contribution in [0.15, 0.2) is 0 Å². The predicted octanol–water partition coefficient (Wildman–Crippen LogP) is 2.69. The summed E-state index contributed by atoms with van der Waals surface area (Å²) >= 11 is 0. The molecule has 0 atom stereocenters. The van der Waals surface area contributed by atoms with Gasteiger partial charge >= 0.3 is 0 Å². The lowest BCUT2D eigenvalue weighted by Crippen LogP contribution is -2.03. The molecule has 0 aliphatic rings. The largest absolute Gasteiger partial charge is 0.203 e. The molecule has 0 fully saturated rings. The summed E-state index contributed by atoms with van der Waals surface area (Å²) < 4.78 is 83.0. The molecule has 0 radical (unpaired) electrons. The van der Waals surface area contributed by atoms with Crippen LogP contribution in [0.3, 0.4) is 0 Å². The van der Waals surface area contributed by atoms with Crippen molar-refractivity contribution >= 4 is 0 Å². The highest BCUT2D eigenvalue weighted by molar-refractivity contribution is 5.22. The van der Waals surface area contributed by atoms with Crippen molar-refractivity contribution < 1.29 is 26.1 Å². The molecule has 0 aliphatic carbocycles. The van der Waals surface area contributed by atoms with Gasteiger partial charge in [0.05, 0.1) is 0 Å². The van der Waals surface area contributed by atoms with E-state index in [1.54, 1.807) is 0 Å². The Hall–Kier alpha value is -1.13. The van der Waals surface area contributed by atoms with Crippen molar-refractivity contribution in [1.29, 1.82) is 0 Å². The second kappa shape index (κ2) is 2.73. The summed E-state index contributed by atoms with van der Waals surface area (Å²) in [7, 11) is 0. The zero-order chi connectivity index (χ0) is 12.0. The molecule has 0 spiro atoms. The van der Waals surface area contributed by atoms with Crippen molar-refractivity contribution in [2.24, 2.45) is 0 Å². The van der Waals surface area contributed by atoms with E-state index in [2.05, 4.69) is 0 Å². The normalized spacial score (nSPS) is 15.2. The zero-order valence-corrected chi connectivity index (χ0v) is 5.39. The Kier molecular flexibility index (Phi) is 1.25. The molecule has 1 aromatic rings. The van der Waals surface area contributed by atoms with Gasteiger partial charge in [-0.1, -0.05) is 0 Å². The van der Waals surface area contributed by atoms with Gasteiger partial charge in [-0.3, -0.25) is 0 Å². The third kappa shape index (κ3) is 1.05. The molecular weight excluding hydrogens is 179 g/mol. The van der Waals surface area contributed by atoms with Crippen LogP contribution in [0.5, 0.6) is 0 Å². The Bertz CT molecular complexity index is 383. The van der Waals surface area contributed by atoms with Gasteiger partial charge in [-0.2, -0.15) is 0 Å². The third-order valence-corrected chi connectivity index (χ3v) is 1.21. The van der Waals surface area contributed by atoms with Crippen LogP contribution in [-0.2, 0) is 0 Å². The lowest BCUT2D eigenvalue weighted by atomic mass is 10.2. The van der Waals surface area contributed by atoms with Crippen LogP contribution in [0.4, 0.5) is 22.0 Å². The summed E-state index contributed by atoms with van der Waals surface area (Å²) in [5.41, 5.74) is -1.79. The van der Waals surface area contributed by atoms with Crippen molar-refractivity contribution in [3.8, 4) is 0 Å². The number of benzene rings is 1. The maximum Gasteiger partial charge on any atom is 0.200 e. The van der Waals surface area contributed by atoms with Gasteiger partial charge in [0.25, 0.3) is 0 Å². The van der Waals surface area contributed by atoms with E-state index in [1.807, 2.05) is 0 Å². The van der Waals surface area contributed by atoms with Crippen molar-refractivity contribution in [2.45, 2.75) is 6.85 Å². The molecule has 0 amide bonds. The van der Waals surface area contributed by atoms with E-state index in [9.17, 15) is 22.0 Å². The number of hydrogen-bond acceptors (Lipinski definition) is 0. The van der Waals surface area contributed by atoms with E-state index >= 15 is 0 Å². The van der Waals surface area contributed by atoms with Crippen molar-refractivity contribution in [1.82, 2.24) is 0 Å². The molecule has 1 aromatic carbocycles. The molecular formula is C7H3F5. The van der Waals surface area contributed by atoms with Crippen LogP contribution < -0.4 is 0 Å². The molecule has 0 bridgehead atoms. The van der Waals surface area contributed by atoms with E-state index in [-0.39, 0.29) is 0 Å². The maximum absolute atomic E-state index is 12.8. The van der Waals surface area contributed by atoms with Gasteiger partial charge in [-0.05, 0) is 6.85 Å². The third-order valence-electron chi connectivity index (χ3n) is 1.21. The summed E-state index contributed by atoms with van der Waals surface area (Å²) in [6, 6.07) is 0. The average molecular weight is 185 g/mol. The van der Waals surface area contributed by atoms with Crippen LogP contribution in [0.25, 0.3) is 0 Å². The highest BCUT2D eigenvalue weighted by Crippen LogP contribution is 2.21. The first-order valence-electron chi connectivity index (χ1n) is 4.19. The Morgan fingerprint density at radius 1 is 0.750 bits per heavy atom. The predicted molar refractivity (Wildman–Crippen MR) is 31.0 cm³/mol. The molecule has 12 heavy (non-hydrogen) atoms. The first-order chi connectivity index (χ1) is 6.68. The summed E-state index contributed by atoms with van der Waals surface area (Å²) in [6.07, 6.45) is 0. The standard InChI is InChI=1S/C7H3F5/c1-2-3(8)5(10)7(12)6(11)4(2)9/h1H3/i1D3. The van der Waals surface area contributed by atoms with Gasteiger partial charge in [-0.15, -0.1) is 0 Å². The van der Waals surface area contributed by atoms with Crippen molar-refractivity contribution in [3.05, 3.63) is 34.6 Å². The summed E-state index contributed by atoms with van der Waals surface area (Å²) in [5, 5.41) is 0. The fourth-order valence-electron chi connectivity index (χ4n) is 0.605. The minimum absolute atomic E-state index is 1.79. The highest BCUT2D eigenvalue weighted by atomic mass is 19.2. The van der Waals surface area contributed by atoms with E-state index in [0.717, 1.165) is 0 Å². The molecule has 0 aromatic heterocycles. The van der Waals surface area contributed by atoms with Crippen LogP contribution in [0, 0.1) is 35.9 Å². The van der Waals surface area contributed by atoms with Gasteiger partial charge in [0.15, 0.2) is 23.3 Å². The molecule has 0 unspecified atom stereocenters. The molecule has 0 saturated heterocycles. The van der Waals surface area contributed by atoms with E-state index < -0.39 is 41.5 Å². The van der Waals surface area contributed by atoms with Crippen LogP contribution in [-0.4, -0.2) is 0 Å². The van der Waals surface area contributed by atoms with Crippen LogP contribution >= 0.6 is 0 Å². The van der Waals surface area contributed by atoms with Gasteiger partial charge in [0.2, 0.25) is 5.82 Å².